The average Bonchev–Trinajstić information content (AvgIpc) is 2.71. The van der Waals surface area contributed by atoms with Crippen LogP contribution in [0.15, 0.2) is 53.4 Å². The van der Waals surface area contributed by atoms with Crippen molar-refractivity contribution < 1.29 is 9.59 Å². The summed E-state index contributed by atoms with van der Waals surface area (Å²) in [6, 6.07) is 15.8. The summed E-state index contributed by atoms with van der Waals surface area (Å²) in [5.41, 5.74) is 3.38. The third-order valence-electron chi connectivity index (χ3n) is 4.75. The van der Waals surface area contributed by atoms with Gasteiger partial charge in [0.25, 0.3) is 0 Å². The van der Waals surface area contributed by atoms with Gasteiger partial charge in [0, 0.05) is 18.0 Å². The number of nitrogens with one attached hydrogen (secondary N) is 1. The van der Waals surface area contributed by atoms with E-state index in [1.807, 2.05) is 70.2 Å². The molecule has 0 fully saturated rings. The predicted molar refractivity (Wildman–Crippen MR) is 121 cm³/mol. The molecule has 1 atom stereocenters. The highest BCUT2D eigenvalue weighted by Gasteiger charge is 2.28. The Bertz CT molecular complexity index is 805. The molecule has 2 aromatic rings. The molecular formula is C24H32N2O2S. The van der Waals surface area contributed by atoms with Crippen LogP contribution in [0.2, 0.25) is 0 Å². The van der Waals surface area contributed by atoms with Gasteiger partial charge in [0.15, 0.2) is 0 Å². The van der Waals surface area contributed by atoms with E-state index < -0.39 is 6.04 Å². The summed E-state index contributed by atoms with van der Waals surface area (Å²) >= 11 is 1.51. The lowest BCUT2D eigenvalue weighted by Gasteiger charge is -2.30. The molecule has 0 bridgehead atoms. The number of thioether (sulfide) groups is 1. The minimum absolute atomic E-state index is 0.0180. The number of nitrogens with zero attached hydrogens (tertiary/aromatic N) is 1. The Kier molecular flexibility index (Phi) is 9.26. The Morgan fingerprint density at radius 3 is 2.38 bits per heavy atom. The molecule has 156 valence electrons. The van der Waals surface area contributed by atoms with Crippen molar-refractivity contribution in [1.82, 2.24) is 10.2 Å². The SMILES string of the molecule is CCCNC(=O)[C@@H](CC)N(Cc1cccc(C)c1)C(=O)CSc1ccc(C)cc1. The molecule has 5 heteroatoms. The molecule has 2 rings (SSSR count). The molecule has 4 nitrogen and oxygen atoms in total. The van der Waals surface area contributed by atoms with Crippen LogP contribution in [0.5, 0.6) is 0 Å². The maximum atomic E-state index is 13.2. The van der Waals surface area contributed by atoms with E-state index in [1.54, 1.807) is 4.90 Å². The highest BCUT2D eigenvalue weighted by atomic mass is 32.2. The largest absolute Gasteiger partial charge is 0.354 e. The Morgan fingerprint density at radius 1 is 1.03 bits per heavy atom. The number of amides is 2. The fourth-order valence-corrected chi connectivity index (χ4v) is 3.94. The zero-order valence-electron chi connectivity index (χ0n) is 17.9. The van der Waals surface area contributed by atoms with Gasteiger partial charge in [-0.2, -0.15) is 0 Å². The Morgan fingerprint density at radius 2 is 1.76 bits per heavy atom. The lowest BCUT2D eigenvalue weighted by molar-refractivity contribution is -0.139. The standard InChI is InChI=1S/C24H32N2O2S/c1-5-14-25-24(28)22(6-2)26(16-20-9-7-8-19(4)15-20)23(27)17-29-21-12-10-18(3)11-13-21/h7-13,15,22H,5-6,14,16-17H2,1-4H3,(H,25,28)/t22-/m1/s1. The lowest BCUT2D eigenvalue weighted by atomic mass is 10.1. The van der Waals surface area contributed by atoms with Crippen LogP contribution >= 0.6 is 11.8 Å². The van der Waals surface area contributed by atoms with Gasteiger partial charge >= 0.3 is 0 Å². The molecule has 0 aliphatic carbocycles. The van der Waals surface area contributed by atoms with Crippen LogP contribution in [0.3, 0.4) is 0 Å². The van der Waals surface area contributed by atoms with Gasteiger partial charge in [-0.05, 0) is 44.4 Å². The summed E-state index contributed by atoms with van der Waals surface area (Å²) in [6.45, 7) is 9.12. The van der Waals surface area contributed by atoms with Gasteiger partial charge in [-0.3, -0.25) is 9.59 Å². The summed E-state index contributed by atoms with van der Waals surface area (Å²) in [7, 11) is 0. The van der Waals surface area contributed by atoms with Crippen LogP contribution < -0.4 is 5.32 Å². The van der Waals surface area contributed by atoms with Crippen molar-refractivity contribution in [3.8, 4) is 0 Å². The minimum atomic E-state index is -0.465. The van der Waals surface area contributed by atoms with E-state index in [2.05, 4.69) is 11.4 Å². The first-order valence-electron chi connectivity index (χ1n) is 10.3. The number of carbonyl (C=O) groups is 2. The highest BCUT2D eigenvalue weighted by molar-refractivity contribution is 8.00. The number of rotatable bonds is 10. The normalized spacial score (nSPS) is 11.7. The molecule has 1 N–H and O–H groups in total. The van der Waals surface area contributed by atoms with E-state index in [1.165, 1.54) is 17.3 Å². The molecule has 0 radical (unpaired) electrons. The second-order valence-corrected chi connectivity index (χ2v) is 8.38. The molecule has 2 aromatic carbocycles. The molecule has 2 amide bonds. The van der Waals surface area contributed by atoms with E-state index in [9.17, 15) is 9.59 Å². The maximum absolute atomic E-state index is 13.2. The second-order valence-electron chi connectivity index (χ2n) is 7.33. The number of hydrogen-bond acceptors (Lipinski definition) is 3. The molecule has 29 heavy (non-hydrogen) atoms. The first kappa shape index (κ1) is 23.0. The molecule has 0 saturated carbocycles. The topological polar surface area (TPSA) is 49.4 Å². The Balaban J connectivity index is 2.17. The molecule has 0 heterocycles. The lowest BCUT2D eigenvalue weighted by Crippen LogP contribution is -2.49. The zero-order chi connectivity index (χ0) is 21.2. The van der Waals surface area contributed by atoms with Crippen molar-refractivity contribution >= 4 is 23.6 Å². The third kappa shape index (κ3) is 7.24. The molecular weight excluding hydrogens is 380 g/mol. The van der Waals surface area contributed by atoms with Crippen molar-refractivity contribution in [2.75, 3.05) is 12.3 Å². The quantitative estimate of drug-likeness (QED) is 0.574. The summed E-state index contributed by atoms with van der Waals surface area (Å²) in [5.74, 6) is 0.221. The average molecular weight is 413 g/mol. The van der Waals surface area contributed by atoms with Crippen molar-refractivity contribution in [3.63, 3.8) is 0 Å². The van der Waals surface area contributed by atoms with Crippen LogP contribution in [-0.2, 0) is 16.1 Å². The van der Waals surface area contributed by atoms with E-state index >= 15 is 0 Å². The van der Waals surface area contributed by atoms with Gasteiger partial charge in [-0.1, -0.05) is 61.4 Å². The van der Waals surface area contributed by atoms with E-state index in [0.29, 0.717) is 25.3 Å². The summed E-state index contributed by atoms with van der Waals surface area (Å²) in [5, 5.41) is 2.96. The van der Waals surface area contributed by atoms with Crippen molar-refractivity contribution in [2.24, 2.45) is 0 Å². The first-order valence-corrected chi connectivity index (χ1v) is 11.2. The van der Waals surface area contributed by atoms with Crippen LogP contribution in [0.25, 0.3) is 0 Å². The second kappa shape index (κ2) is 11.7. The maximum Gasteiger partial charge on any atom is 0.242 e. The summed E-state index contributed by atoms with van der Waals surface area (Å²) in [6.07, 6.45) is 1.46. The van der Waals surface area contributed by atoms with Crippen molar-refractivity contribution in [2.45, 2.75) is 58.0 Å². The molecule has 0 aliphatic heterocycles. The number of benzene rings is 2. The fraction of sp³-hybridized carbons (Fsp3) is 0.417. The van der Waals surface area contributed by atoms with Crippen LogP contribution in [-0.4, -0.2) is 35.1 Å². The molecule has 0 aliphatic rings. The van der Waals surface area contributed by atoms with E-state index in [-0.39, 0.29) is 11.8 Å². The van der Waals surface area contributed by atoms with Crippen LogP contribution in [0.4, 0.5) is 0 Å². The zero-order valence-corrected chi connectivity index (χ0v) is 18.7. The number of carbonyl (C=O) groups excluding carboxylic acids is 2. The van der Waals surface area contributed by atoms with Crippen LogP contribution in [0.1, 0.15) is 43.4 Å². The van der Waals surface area contributed by atoms with Crippen molar-refractivity contribution in [3.05, 3.63) is 65.2 Å². The van der Waals surface area contributed by atoms with E-state index in [4.69, 9.17) is 0 Å². The predicted octanol–water partition coefficient (Wildman–Crippen LogP) is 4.73. The molecule has 0 saturated heterocycles. The van der Waals surface area contributed by atoms with Gasteiger partial charge in [0.05, 0.1) is 5.75 Å². The fourth-order valence-electron chi connectivity index (χ4n) is 3.16. The van der Waals surface area contributed by atoms with E-state index in [0.717, 1.165) is 22.4 Å². The minimum Gasteiger partial charge on any atom is -0.354 e. The Labute approximate surface area is 179 Å². The van der Waals surface area contributed by atoms with Gasteiger partial charge in [-0.15, -0.1) is 11.8 Å². The third-order valence-corrected chi connectivity index (χ3v) is 5.75. The molecule has 0 unspecified atom stereocenters. The first-order chi connectivity index (χ1) is 13.9. The van der Waals surface area contributed by atoms with Gasteiger partial charge in [-0.25, -0.2) is 0 Å². The van der Waals surface area contributed by atoms with Crippen LogP contribution in [0, 0.1) is 13.8 Å². The van der Waals surface area contributed by atoms with Gasteiger partial charge in [0.2, 0.25) is 11.8 Å². The summed E-state index contributed by atoms with van der Waals surface area (Å²) < 4.78 is 0. The monoisotopic (exact) mass is 412 g/mol. The molecule has 0 aromatic heterocycles. The number of hydrogen-bond donors (Lipinski definition) is 1. The smallest absolute Gasteiger partial charge is 0.242 e. The highest BCUT2D eigenvalue weighted by Crippen LogP contribution is 2.21. The summed E-state index contributed by atoms with van der Waals surface area (Å²) in [4.78, 5) is 28.7. The molecule has 0 spiro atoms. The van der Waals surface area contributed by atoms with Crippen molar-refractivity contribution in [1.29, 1.82) is 0 Å². The van der Waals surface area contributed by atoms with Gasteiger partial charge in [0.1, 0.15) is 6.04 Å². The Hall–Kier alpha value is -2.27. The van der Waals surface area contributed by atoms with Gasteiger partial charge < -0.3 is 10.2 Å². The number of aryl methyl sites for hydroxylation is 2.